The van der Waals surface area contributed by atoms with Crippen LogP contribution in [0.2, 0.25) is 0 Å². The number of anilines is 1. The summed E-state index contributed by atoms with van der Waals surface area (Å²) in [6, 6.07) is 17.9. The SMILES string of the molecule is COCCNC(=O)CNc1ccc(OCCc2ccccc2)cc1. The Morgan fingerprint density at radius 3 is 2.46 bits per heavy atom. The van der Waals surface area contributed by atoms with Gasteiger partial charge in [0, 0.05) is 25.8 Å². The molecule has 2 rings (SSSR count). The lowest BCUT2D eigenvalue weighted by atomic mass is 10.2. The molecule has 128 valence electrons. The van der Waals surface area contributed by atoms with Crippen molar-refractivity contribution in [1.29, 1.82) is 0 Å². The number of hydrogen-bond acceptors (Lipinski definition) is 4. The van der Waals surface area contributed by atoms with Gasteiger partial charge in [0.2, 0.25) is 5.91 Å². The highest BCUT2D eigenvalue weighted by molar-refractivity contribution is 5.80. The molecule has 0 unspecified atom stereocenters. The first-order valence-electron chi connectivity index (χ1n) is 8.04. The van der Waals surface area contributed by atoms with E-state index in [1.165, 1.54) is 5.56 Å². The molecule has 0 radical (unpaired) electrons. The van der Waals surface area contributed by atoms with Crippen molar-refractivity contribution in [3.63, 3.8) is 0 Å². The minimum Gasteiger partial charge on any atom is -0.493 e. The Balaban J connectivity index is 1.67. The molecule has 0 saturated carbocycles. The third-order valence-electron chi connectivity index (χ3n) is 3.44. The lowest BCUT2D eigenvalue weighted by Gasteiger charge is -2.09. The number of carbonyl (C=O) groups is 1. The van der Waals surface area contributed by atoms with Gasteiger partial charge in [-0.3, -0.25) is 4.79 Å². The highest BCUT2D eigenvalue weighted by atomic mass is 16.5. The summed E-state index contributed by atoms with van der Waals surface area (Å²) in [5, 5.41) is 5.83. The van der Waals surface area contributed by atoms with Gasteiger partial charge in [0.1, 0.15) is 5.75 Å². The van der Waals surface area contributed by atoms with Gasteiger partial charge in [0.25, 0.3) is 0 Å². The van der Waals surface area contributed by atoms with Gasteiger partial charge in [-0.05, 0) is 29.8 Å². The highest BCUT2D eigenvalue weighted by Gasteiger charge is 2.01. The van der Waals surface area contributed by atoms with Crippen LogP contribution in [0.15, 0.2) is 54.6 Å². The maximum Gasteiger partial charge on any atom is 0.239 e. The van der Waals surface area contributed by atoms with Gasteiger partial charge in [-0.2, -0.15) is 0 Å². The van der Waals surface area contributed by atoms with Crippen LogP contribution in [0.5, 0.6) is 5.75 Å². The first kappa shape index (κ1) is 17.8. The van der Waals surface area contributed by atoms with Crippen molar-refractivity contribution < 1.29 is 14.3 Å². The molecule has 0 heterocycles. The molecule has 0 saturated heterocycles. The molecular weight excluding hydrogens is 304 g/mol. The van der Waals surface area contributed by atoms with E-state index in [2.05, 4.69) is 22.8 Å². The second kappa shape index (κ2) is 10.3. The van der Waals surface area contributed by atoms with Crippen LogP contribution in [0.4, 0.5) is 5.69 Å². The molecule has 0 aliphatic rings. The zero-order valence-electron chi connectivity index (χ0n) is 14.0. The van der Waals surface area contributed by atoms with Crippen molar-refractivity contribution >= 4 is 11.6 Å². The van der Waals surface area contributed by atoms with Crippen molar-refractivity contribution in [2.75, 3.05) is 38.7 Å². The summed E-state index contributed by atoms with van der Waals surface area (Å²) >= 11 is 0. The molecule has 24 heavy (non-hydrogen) atoms. The molecule has 0 aliphatic carbocycles. The van der Waals surface area contributed by atoms with Crippen LogP contribution in [0.3, 0.4) is 0 Å². The molecule has 5 heteroatoms. The maximum absolute atomic E-state index is 11.6. The van der Waals surface area contributed by atoms with Crippen molar-refractivity contribution in [3.8, 4) is 5.75 Å². The van der Waals surface area contributed by atoms with E-state index in [0.717, 1.165) is 17.9 Å². The summed E-state index contributed by atoms with van der Waals surface area (Å²) in [6.45, 7) is 1.91. The van der Waals surface area contributed by atoms with Gasteiger partial charge in [-0.15, -0.1) is 0 Å². The molecule has 0 fully saturated rings. The fraction of sp³-hybridized carbons (Fsp3) is 0.316. The first-order valence-corrected chi connectivity index (χ1v) is 8.04. The zero-order chi connectivity index (χ0) is 17.0. The Morgan fingerprint density at radius 2 is 1.75 bits per heavy atom. The number of rotatable bonds is 10. The Hall–Kier alpha value is -2.53. The van der Waals surface area contributed by atoms with E-state index in [1.807, 2.05) is 42.5 Å². The molecule has 1 amide bonds. The molecule has 2 aromatic carbocycles. The summed E-state index contributed by atoms with van der Waals surface area (Å²) in [5.41, 5.74) is 2.14. The number of amides is 1. The molecular formula is C19H24N2O3. The van der Waals surface area contributed by atoms with Crippen LogP contribution in [-0.4, -0.2) is 39.3 Å². The summed E-state index contributed by atoms with van der Waals surface area (Å²) in [7, 11) is 1.61. The second-order valence-electron chi connectivity index (χ2n) is 5.30. The third-order valence-corrected chi connectivity index (χ3v) is 3.44. The summed E-state index contributed by atoms with van der Waals surface area (Å²) in [6.07, 6.45) is 0.877. The fourth-order valence-corrected chi connectivity index (χ4v) is 2.14. The van der Waals surface area contributed by atoms with E-state index >= 15 is 0 Å². The number of hydrogen-bond donors (Lipinski definition) is 2. The number of benzene rings is 2. The predicted molar refractivity (Wildman–Crippen MR) is 95.5 cm³/mol. The molecule has 2 N–H and O–H groups in total. The quantitative estimate of drug-likeness (QED) is 0.658. The Labute approximate surface area is 143 Å². The first-order chi connectivity index (χ1) is 11.8. The van der Waals surface area contributed by atoms with Crippen molar-refractivity contribution in [2.24, 2.45) is 0 Å². The number of methoxy groups -OCH3 is 1. The van der Waals surface area contributed by atoms with Crippen LogP contribution in [0.25, 0.3) is 0 Å². The molecule has 0 aliphatic heterocycles. The smallest absolute Gasteiger partial charge is 0.239 e. The van der Waals surface area contributed by atoms with E-state index in [-0.39, 0.29) is 12.5 Å². The second-order valence-corrected chi connectivity index (χ2v) is 5.30. The molecule has 0 aromatic heterocycles. The van der Waals surface area contributed by atoms with Gasteiger partial charge in [0.05, 0.1) is 19.8 Å². The predicted octanol–water partition coefficient (Wildman–Crippen LogP) is 2.48. The van der Waals surface area contributed by atoms with E-state index < -0.39 is 0 Å². The van der Waals surface area contributed by atoms with E-state index in [4.69, 9.17) is 9.47 Å². The summed E-state index contributed by atoms with van der Waals surface area (Å²) < 4.78 is 10.6. The summed E-state index contributed by atoms with van der Waals surface area (Å²) in [5.74, 6) is 0.760. The van der Waals surface area contributed by atoms with Gasteiger partial charge >= 0.3 is 0 Å². The standard InChI is InChI=1S/C19H24N2O3/c1-23-14-12-20-19(22)15-21-17-7-9-18(10-8-17)24-13-11-16-5-3-2-4-6-16/h2-10,21H,11-15H2,1H3,(H,20,22). The number of ether oxygens (including phenoxy) is 2. The Kier molecular flexibility index (Phi) is 7.63. The van der Waals surface area contributed by atoms with E-state index in [1.54, 1.807) is 7.11 Å². The summed E-state index contributed by atoms with van der Waals surface area (Å²) in [4.78, 5) is 11.6. The maximum atomic E-state index is 11.6. The highest BCUT2D eigenvalue weighted by Crippen LogP contribution is 2.15. The van der Waals surface area contributed by atoms with Crippen molar-refractivity contribution in [1.82, 2.24) is 5.32 Å². The molecule has 0 atom stereocenters. The largest absolute Gasteiger partial charge is 0.493 e. The van der Waals surface area contributed by atoms with Crippen molar-refractivity contribution in [2.45, 2.75) is 6.42 Å². The van der Waals surface area contributed by atoms with E-state index in [0.29, 0.717) is 19.8 Å². The molecule has 0 bridgehead atoms. The number of nitrogens with one attached hydrogen (secondary N) is 2. The van der Waals surface area contributed by atoms with Gasteiger partial charge in [-0.25, -0.2) is 0 Å². The number of carbonyl (C=O) groups excluding carboxylic acids is 1. The fourth-order valence-electron chi connectivity index (χ4n) is 2.14. The molecule has 2 aromatic rings. The van der Waals surface area contributed by atoms with Crippen LogP contribution >= 0.6 is 0 Å². The van der Waals surface area contributed by atoms with Crippen LogP contribution in [-0.2, 0) is 16.0 Å². The minimum absolute atomic E-state index is 0.0600. The topological polar surface area (TPSA) is 59.6 Å². The van der Waals surface area contributed by atoms with Crippen LogP contribution in [0.1, 0.15) is 5.56 Å². The van der Waals surface area contributed by atoms with Gasteiger partial charge in [0.15, 0.2) is 0 Å². The minimum atomic E-state index is -0.0600. The zero-order valence-corrected chi connectivity index (χ0v) is 14.0. The van der Waals surface area contributed by atoms with Crippen LogP contribution in [0, 0.1) is 0 Å². The monoisotopic (exact) mass is 328 g/mol. The molecule has 5 nitrogen and oxygen atoms in total. The van der Waals surface area contributed by atoms with Gasteiger partial charge in [-0.1, -0.05) is 30.3 Å². The van der Waals surface area contributed by atoms with Gasteiger partial charge < -0.3 is 20.1 Å². The Morgan fingerprint density at radius 1 is 1.00 bits per heavy atom. The van der Waals surface area contributed by atoms with Crippen LogP contribution < -0.4 is 15.4 Å². The third kappa shape index (κ3) is 6.71. The lowest BCUT2D eigenvalue weighted by molar-refractivity contribution is -0.119. The molecule has 0 spiro atoms. The van der Waals surface area contributed by atoms with E-state index in [9.17, 15) is 4.79 Å². The van der Waals surface area contributed by atoms with Crippen molar-refractivity contribution in [3.05, 3.63) is 60.2 Å². The average Bonchev–Trinajstić information content (AvgIpc) is 2.62. The normalized spacial score (nSPS) is 10.2. The average molecular weight is 328 g/mol. The lowest BCUT2D eigenvalue weighted by Crippen LogP contribution is -2.32. The Bertz CT molecular complexity index is 600.